The largest absolute Gasteiger partial charge is 0.492 e. The third-order valence-corrected chi connectivity index (χ3v) is 6.22. The molecule has 0 saturated carbocycles. The van der Waals surface area contributed by atoms with Gasteiger partial charge in [-0.3, -0.25) is 9.69 Å². The first-order chi connectivity index (χ1) is 18.1. The van der Waals surface area contributed by atoms with Gasteiger partial charge in [0.2, 0.25) is 11.8 Å². The maximum atomic E-state index is 12.7. The summed E-state index contributed by atoms with van der Waals surface area (Å²) in [5.74, 6) is 1.52. The number of hydrogen-bond acceptors (Lipinski definition) is 7. The van der Waals surface area contributed by atoms with Gasteiger partial charge >= 0.3 is 0 Å². The van der Waals surface area contributed by atoms with E-state index in [2.05, 4.69) is 20.4 Å². The fourth-order valence-corrected chi connectivity index (χ4v) is 4.15. The Morgan fingerprint density at radius 3 is 2.49 bits per heavy atom. The molecule has 1 aliphatic heterocycles. The lowest BCUT2D eigenvalue weighted by Crippen LogP contribution is -2.38. The Morgan fingerprint density at radius 2 is 1.70 bits per heavy atom. The van der Waals surface area contributed by atoms with Crippen LogP contribution >= 0.6 is 0 Å². The molecule has 8 heteroatoms. The topological polar surface area (TPSA) is 89.7 Å². The van der Waals surface area contributed by atoms with E-state index in [4.69, 9.17) is 13.9 Å². The van der Waals surface area contributed by atoms with Crippen molar-refractivity contribution in [3.63, 3.8) is 0 Å². The van der Waals surface area contributed by atoms with Crippen molar-refractivity contribution in [3.05, 3.63) is 89.5 Å². The van der Waals surface area contributed by atoms with Gasteiger partial charge < -0.3 is 19.2 Å². The van der Waals surface area contributed by atoms with E-state index in [-0.39, 0.29) is 5.91 Å². The van der Waals surface area contributed by atoms with Crippen molar-refractivity contribution in [1.82, 2.24) is 20.4 Å². The van der Waals surface area contributed by atoms with Crippen LogP contribution in [-0.4, -0.2) is 60.5 Å². The third-order valence-electron chi connectivity index (χ3n) is 6.22. The monoisotopic (exact) mass is 498 g/mol. The molecule has 0 spiro atoms. The zero-order valence-electron chi connectivity index (χ0n) is 20.9. The number of carbonyl (C=O) groups is 1. The summed E-state index contributed by atoms with van der Waals surface area (Å²) in [7, 11) is 0. The van der Waals surface area contributed by atoms with E-state index in [1.54, 1.807) is 12.1 Å². The molecule has 190 valence electrons. The average Bonchev–Trinajstić information content (AvgIpc) is 3.43. The highest BCUT2D eigenvalue weighted by atomic mass is 16.5. The Morgan fingerprint density at radius 1 is 0.946 bits per heavy atom. The van der Waals surface area contributed by atoms with Gasteiger partial charge in [0.15, 0.2) is 0 Å². The molecule has 3 aromatic carbocycles. The van der Waals surface area contributed by atoms with Crippen LogP contribution in [-0.2, 0) is 11.3 Å². The number of nitrogens with one attached hydrogen (secondary N) is 1. The number of carbonyl (C=O) groups excluding carboxylic acids is 1. The molecule has 1 aromatic heterocycles. The van der Waals surface area contributed by atoms with Crippen molar-refractivity contribution < 1.29 is 18.7 Å². The molecule has 37 heavy (non-hydrogen) atoms. The van der Waals surface area contributed by atoms with Crippen molar-refractivity contribution in [2.75, 3.05) is 39.5 Å². The first-order valence-corrected chi connectivity index (χ1v) is 12.4. The highest BCUT2D eigenvalue weighted by Gasteiger charge is 2.13. The van der Waals surface area contributed by atoms with Gasteiger partial charge in [0.05, 0.1) is 13.2 Å². The van der Waals surface area contributed by atoms with Crippen LogP contribution in [0.5, 0.6) is 5.75 Å². The third kappa shape index (κ3) is 6.61. The van der Waals surface area contributed by atoms with Gasteiger partial charge in [0.25, 0.3) is 5.91 Å². The number of benzene rings is 3. The number of amides is 1. The standard InChI is InChI=1S/C29H30N4O4/c1-21-4-2-6-25(18-21)29-32-31-28(37-29)24-10-8-23(9-11-24)27(34)30-20-22-5-3-7-26(19-22)36-17-14-33-12-15-35-16-13-33/h2-11,18-19H,12-17,20H2,1H3,(H,30,34). The fourth-order valence-electron chi connectivity index (χ4n) is 4.15. The number of ether oxygens (including phenoxy) is 2. The number of aromatic nitrogens is 2. The molecule has 1 saturated heterocycles. The van der Waals surface area contributed by atoms with Gasteiger partial charge in [-0.2, -0.15) is 0 Å². The lowest BCUT2D eigenvalue weighted by atomic mass is 10.1. The molecule has 0 atom stereocenters. The number of morpholine rings is 1. The van der Waals surface area contributed by atoms with Crippen LogP contribution in [0.2, 0.25) is 0 Å². The summed E-state index contributed by atoms with van der Waals surface area (Å²) in [4.78, 5) is 15.0. The first-order valence-electron chi connectivity index (χ1n) is 12.4. The van der Waals surface area contributed by atoms with Gasteiger partial charge in [0.1, 0.15) is 12.4 Å². The van der Waals surface area contributed by atoms with Crippen LogP contribution in [0.4, 0.5) is 0 Å². The summed E-state index contributed by atoms with van der Waals surface area (Å²) < 4.78 is 17.1. The first kappa shape index (κ1) is 24.7. The predicted molar refractivity (Wildman–Crippen MR) is 140 cm³/mol. The van der Waals surface area contributed by atoms with Crippen LogP contribution in [0.25, 0.3) is 22.9 Å². The summed E-state index contributed by atoms with van der Waals surface area (Å²) in [5, 5.41) is 11.3. The predicted octanol–water partition coefficient (Wildman–Crippen LogP) is 4.35. The SMILES string of the molecule is Cc1cccc(-c2nnc(-c3ccc(C(=O)NCc4cccc(OCCN5CCOCC5)c4)cc3)o2)c1. The van der Waals surface area contributed by atoms with Crippen LogP contribution in [0.3, 0.4) is 0 Å². The van der Waals surface area contributed by atoms with E-state index in [1.807, 2.05) is 67.6 Å². The number of nitrogens with zero attached hydrogens (tertiary/aromatic N) is 3. The zero-order valence-corrected chi connectivity index (χ0v) is 20.9. The molecule has 4 aromatic rings. The van der Waals surface area contributed by atoms with Crippen LogP contribution < -0.4 is 10.1 Å². The van der Waals surface area contributed by atoms with E-state index in [9.17, 15) is 4.79 Å². The second-order valence-corrected chi connectivity index (χ2v) is 8.99. The summed E-state index contributed by atoms with van der Waals surface area (Å²) in [6, 6.07) is 22.9. The number of aryl methyl sites for hydroxylation is 1. The van der Waals surface area contributed by atoms with Gasteiger partial charge in [0, 0.05) is 42.9 Å². The maximum absolute atomic E-state index is 12.7. The van der Waals surface area contributed by atoms with Crippen LogP contribution in [0.15, 0.2) is 77.2 Å². The normalized spacial score (nSPS) is 13.9. The number of rotatable bonds is 9. The van der Waals surface area contributed by atoms with E-state index in [1.165, 1.54) is 0 Å². The molecule has 1 fully saturated rings. The molecule has 0 aliphatic carbocycles. The minimum Gasteiger partial charge on any atom is -0.492 e. The molecule has 8 nitrogen and oxygen atoms in total. The molecule has 2 heterocycles. The fraction of sp³-hybridized carbons (Fsp3) is 0.276. The maximum Gasteiger partial charge on any atom is 0.251 e. The molecule has 0 bridgehead atoms. The lowest BCUT2D eigenvalue weighted by molar-refractivity contribution is 0.0322. The van der Waals surface area contributed by atoms with E-state index in [0.717, 1.165) is 60.9 Å². The van der Waals surface area contributed by atoms with Gasteiger partial charge in [-0.25, -0.2) is 0 Å². The molecular weight excluding hydrogens is 468 g/mol. The molecule has 1 aliphatic rings. The van der Waals surface area contributed by atoms with Crippen molar-refractivity contribution in [2.45, 2.75) is 13.5 Å². The second kappa shape index (κ2) is 11.8. The van der Waals surface area contributed by atoms with Crippen LogP contribution in [0, 0.1) is 6.92 Å². The quantitative estimate of drug-likeness (QED) is 0.367. The average molecular weight is 499 g/mol. The Balaban J connectivity index is 1.13. The Hall–Kier alpha value is -4.01. The van der Waals surface area contributed by atoms with Crippen molar-refractivity contribution in [2.24, 2.45) is 0 Å². The van der Waals surface area contributed by atoms with E-state index >= 15 is 0 Å². The van der Waals surface area contributed by atoms with Gasteiger partial charge in [-0.1, -0.05) is 29.8 Å². The second-order valence-electron chi connectivity index (χ2n) is 8.99. The minimum atomic E-state index is -0.156. The van der Waals surface area contributed by atoms with E-state index < -0.39 is 0 Å². The zero-order chi connectivity index (χ0) is 25.5. The highest BCUT2D eigenvalue weighted by molar-refractivity contribution is 5.94. The smallest absolute Gasteiger partial charge is 0.251 e. The molecule has 0 unspecified atom stereocenters. The van der Waals surface area contributed by atoms with Crippen molar-refractivity contribution in [3.8, 4) is 28.7 Å². The molecule has 1 N–H and O–H groups in total. The molecule has 5 rings (SSSR count). The lowest BCUT2D eigenvalue weighted by Gasteiger charge is -2.26. The summed E-state index contributed by atoms with van der Waals surface area (Å²) >= 11 is 0. The number of hydrogen-bond donors (Lipinski definition) is 1. The molecule has 1 amide bonds. The summed E-state index contributed by atoms with van der Waals surface area (Å²) in [6.07, 6.45) is 0. The van der Waals surface area contributed by atoms with E-state index in [0.29, 0.717) is 30.5 Å². The minimum absolute atomic E-state index is 0.156. The van der Waals surface area contributed by atoms with Crippen molar-refractivity contribution in [1.29, 1.82) is 0 Å². The Bertz CT molecular complexity index is 1330. The summed E-state index contributed by atoms with van der Waals surface area (Å²) in [5.41, 5.74) is 4.28. The molecule has 0 radical (unpaired) electrons. The van der Waals surface area contributed by atoms with Crippen LogP contribution in [0.1, 0.15) is 21.5 Å². The summed E-state index contributed by atoms with van der Waals surface area (Å²) in [6.45, 7) is 7.37. The Labute approximate surface area is 216 Å². The Kier molecular flexibility index (Phi) is 7.88. The highest BCUT2D eigenvalue weighted by Crippen LogP contribution is 2.24. The van der Waals surface area contributed by atoms with Crippen molar-refractivity contribution >= 4 is 5.91 Å². The van der Waals surface area contributed by atoms with Gasteiger partial charge in [-0.15, -0.1) is 10.2 Å². The van der Waals surface area contributed by atoms with Gasteiger partial charge in [-0.05, 0) is 61.0 Å². The molecular formula is C29H30N4O4.